The average Bonchev–Trinajstić information content (AvgIpc) is 1.83. The third kappa shape index (κ3) is 5.51. The fraction of sp³-hybridized carbons (Fsp3) is 1.00. The molecular weight excluding hydrogens is 176 g/mol. The molecule has 0 rings (SSSR count). The highest BCUT2D eigenvalue weighted by molar-refractivity contribution is 7.87. The largest absolute Gasteiger partial charge is 0.277 e. The quantitative estimate of drug-likeness (QED) is 0.674. The Hall–Kier alpha value is -0.130. The van der Waals surface area contributed by atoms with Crippen molar-refractivity contribution >= 4 is 10.2 Å². The summed E-state index contributed by atoms with van der Waals surface area (Å²) in [5.74, 6) is 0. The van der Waals surface area contributed by atoms with E-state index >= 15 is 0 Å². The minimum atomic E-state index is -3.29. The Kier molecular flexibility index (Phi) is 4.74. The van der Waals surface area contributed by atoms with Gasteiger partial charge in [0.2, 0.25) is 0 Å². The summed E-state index contributed by atoms with van der Waals surface area (Å²) in [5.41, 5.74) is 0. The standard InChI is InChI=1S/C7H18N2O2S/c1-5-7(4)9-12(10,11)8-6(2)3/h6-9H,5H2,1-4H3. The summed E-state index contributed by atoms with van der Waals surface area (Å²) in [6.45, 7) is 7.34. The lowest BCUT2D eigenvalue weighted by atomic mass is 10.3. The van der Waals surface area contributed by atoms with Gasteiger partial charge in [0, 0.05) is 12.1 Å². The SMILES string of the molecule is CCC(C)NS(=O)(=O)NC(C)C. The molecule has 0 aliphatic carbocycles. The van der Waals surface area contributed by atoms with E-state index in [0.29, 0.717) is 0 Å². The minimum Gasteiger partial charge on any atom is -0.200 e. The van der Waals surface area contributed by atoms with Gasteiger partial charge in [-0.05, 0) is 27.2 Å². The fourth-order valence-corrected chi connectivity index (χ4v) is 2.08. The van der Waals surface area contributed by atoms with Crippen LogP contribution in [0.1, 0.15) is 34.1 Å². The topological polar surface area (TPSA) is 58.2 Å². The van der Waals surface area contributed by atoms with Crippen molar-refractivity contribution in [1.82, 2.24) is 9.44 Å². The molecule has 0 fully saturated rings. The van der Waals surface area contributed by atoms with Crippen molar-refractivity contribution in [2.24, 2.45) is 0 Å². The van der Waals surface area contributed by atoms with Crippen molar-refractivity contribution in [2.75, 3.05) is 0 Å². The molecule has 4 nitrogen and oxygen atoms in total. The van der Waals surface area contributed by atoms with Gasteiger partial charge in [0.25, 0.3) is 10.2 Å². The van der Waals surface area contributed by atoms with Crippen LogP contribution in [-0.4, -0.2) is 20.5 Å². The van der Waals surface area contributed by atoms with E-state index in [0.717, 1.165) is 6.42 Å². The molecule has 0 radical (unpaired) electrons. The predicted molar refractivity (Wildman–Crippen MR) is 50.1 cm³/mol. The lowest BCUT2D eigenvalue weighted by Gasteiger charge is -2.14. The molecule has 0 aliphatic rings. The zero-order chi connectivity index (χ0) is 9.78. The van der Waals surface area contributed by atoms with Crippen LogP contribution in [0.2, 0.25) is 0 Å². The molecule has 0 saturated heterocycles. The van der Waals surface area contributed by atoms with Gasteiger partial charge in [0.05, 0.1) is 0 Å². The molecule has 74 valence electrons. The molecule has 0 amide bonds. The highest BCUT2D eigenvalue weighted by Crippen LogP contribution is 1.91. The van der Waals surface area contributed by atoms with Crippen LogP contribution in [-0.2, 0) is 10.2 Å². The van der Waals surface area contributed by atoms with Crippen molar-refractivity contribution in [1.29, 1.82) is 0 Å². The molecule has 1 atom stereocenters. The summed E-state index contributed by atoms with van der Waals surface area (Å²) < 4.78 is 27.3. The second-order valence-corrected chi connectivity index (χ2v) is 4.68. The first kappa shape index (κ1) is 11.9. The Balaban J connectivity index is 4.05. The normalized spacial score (nSPS) is 15.1. The molecule has 5 heteroatoms. The second-order valence-electron chi connectivity index (χ2n) is 3.20. The van der Waals surface area contributed by atoms with E-state index < -0.39 is 10.2 Å². The van der Waals surface area contributed by atoms with Crippen LogP contribution >= 0.6 is 0 Å². The van der Waals surface area contributed by atoms with Crippen molar-refractivity contribution in [3.63, 3.8) is 0 Å². The van der Waals surface area contributed by atoms with Gasteiger partial charge in [-0.25, -0.2) is 0 Å². The smallest absolute Gasteiger partial charge is 0.200 e. The number of nitrogens with one attached hydrogen (secondary N) is 2. The monoisotopic (exact) mass is 194 g/mol. The Morgan fingerprint density at radius 2 is 1.67 bits per heavy atom. The third-order valence-corrected chi connectivity index (χ3v) is 2.85. The fourth-order valence-electron chi connectivity index (χ4n) is 0.693. The van der Waals surface area contributed by atoms with Crippen LogP contribution in [0.3, 0.4) is 0 Å². The highest BCUT2D eigenvalue weighted by Gasteiger charge is 2.13. The van der Waals surface area contributed by atoms with Crippen LogP contribution in [0, 0.1) is 0 Å². The Morgan fingerprint density at radius 1 is 1.17 bits per heavy atom. The minimum absolute atomic E-state index is 0.0127. The van der Waals surface area contributed by atoms with Crippen LogP contribution in [0.15, 0.2) is 0 Å². The molecular formula is C7H18N2O2S. The Bertz CT molecular complexity index is 211. The van der Waals surface area contributed by atoms with Gasteiger partial charge >= 0.3 is 0 Å². The highest BCUT2D eigenvalue weighted by atomic mass is 32.2. The first-order chi connectivity index (χ1) is 5.37. The van der Waals surface area contributed by atoms with Gasteiger partial charge in [-0.15, -0.1) is 0 Å². The summed E-state index contributed by atoms with van der Waals surface area (Å²) in [7, 11) is -3.29. The van der Waals surface area contributed by atoms with E-state index in [1.165, 1.54) is 0 Å². The van der Waals surface area contributed by atoms with Gasteiger partial charge < -0.3 is 0 Å². The molecule has 0 aliphatic heterocycles. The maximum Gasteiger partial charge on any atom is 0.277 e. The summed E-state index contributed by atoms with van der Waals surface area (Å²) in [6, 6.07) is -0.0761. The number of rotatable bonds is 5. The summed E-state index contributed by atoms with van der Waals surface area (Å²) in [4.78, 5) is 0. The van der Waals surface area contributed by atoms with Gasteiger partial charge in [-0.2, -0.15) is 17.9 Å². The van der Waals surface area contributed by atoms with Crippen LogP contribution in [0.5, 0.6) is 0 Å². The molecule has 0 aromatic heterocycles. The molecule has 2 N–H and O–H groups in total. The van der Waals surface area contributed by atoms with E-state index in [9.17, 15) is 8.42 Å². The van der Waals surface area contributed by atoms with E-state index in [-0.39, 0.29) is 12.1 Å². The first-order valence-corrected chi connectivity index (χ1v) is 5.65. The van der Waals surface area contributed by atoms with Crippen molar-refractivity contribution in [3.05, 3.63) is 0 Å². The Labute approximate surface area is 74.9 Å². The molecule has 0 aromatic rings. The molecule has 12 heavy (non-hydrogen) atoms. The maximum atomic E-state index is 11.2. The van der Waals surface area contributed by atoms with Gasteiger partial charge in [-0.3, -0.25) is 0 Å². The van der Waals surface area contributed by atoms with Gasteiger partial charge in [-0.1, -0.05) is 6.92 Å². The van der Waals surface area contributed by atoms with E-state index in [1.807, 2.05) is 13.8 Å². The summed E-state index contributed by atoms with van der Waals surface area (Å²) in [5, 5.41) is 0. The number of hydrogen-bond acceptors (Lipinski definition) is 2. The Morgan fingerprint density at radius 3 is 2.00 bits per heavy atom. The van der Waals surface area contributed by atoms with E-state index in [4.69, 9.17) is 0 Å². The zero-order valence-electron chi connectivity index (χ0n) is 8.09. The molecule has 0 spiro atoms. The lowest BCUT2D eigenvalue weighted by Crippen LogP contribution is -2.43. The van der Waals surface area contributed by atoms with Gasteiger partial charge in [0.15, 0.2) is 0 Å². The van der Waals surface area contributed by atoms with E-state index in [1.54, 1.807) is 13.8 Å². The van der Waals surface area contributed by atoms with Gasteiger partial charge in [0.1, 0.15) is 0 Å². The van der Waals surface area contributed by atoms with Crippen LogP contribution < -0.4 is 9.44 Å². The molecule has 0 heterocycles. The molecule has 0 aromatic carbocycles. The lowest BCUT2D eigenvalue weighted by molar-refractivity contribution is 0.533. The van der Waals surface area contributed by atoms with Crippen molar-refractivity contribution < 1.29 is 8.42 Å². The van der Waals surface area contributed by atoms with Crippen LogP contribution in [0.4, 0.5) is 0 Å². The molecule has 0 saturated carbocycles. The summed E-state index contributed by atoms with van der Waals surface area (Å²) in [6.07, 6.45) is 0.791. The van der Waals surface area contributed by atoms with E-state index in [2.05, 4.69) is 9.44 Å². The first-order valence-electron chi connectivity index (χ1n) is 4.17. The second kappa shape index (κ2) is 4.79. The predicted octanol–water partition coefficient (Wildman–Crippen LogP) is 0.617. The average molecular weight is 194 g/mol. The van der Waals surface area contributed by atoms with Crippen molar-refractivity contribution in [2.45, 2.75) is 46.2 Å². The molecule has 1 unspecified atom stereocenters. The zero-order valence-corrected chi connectivity index (χ0v) is 8.90. The van der Waals surface area contributed by atoms with Crippen LogP contribution in [0.25, 0.3) is 0 Å². The maximum absolute atomic E-state index is 11.2. The molecule has 0 bridgehead atoms. The van der Waals surface area contributed by atoms with Crippen molar-refractivity contribution in [3.8, 4) is 0 Å². The third-order valence-electron chi connectivity index (χ3n) is 1.36. The number of hydrogen-bond donors (Lipinski definition) is 2. The summed E-state index contributed by atoms with van der Waals surface area (Å²) >= 11 is 0.